The van der Waals surface area contributed by atoms with Crippen molar-refractivity contribution in [3.05, 3.63) is 34.4 Å². The van der Waals surface area contributed by atoms with Gasteiger partial charge in [-0.1, -0.05) is 34.5 Å². The highest BCUT2D eigenvalue weighted by Gasteiger charge is 2.17. The van der Waals surface area contributed by atoms with Gasteiger partial charge in [-0.15, -0.1) is 19.4 Å². The first-order valence-corrected chi connectivity index (χ1v) is 11.2. The molecule has 0 aliphatic rings. The first-order valence-electron chi connectivity index (χ1n) is 9.04. The average Bonchev–Trinajstić information content (AvgIpc) is 3.19. The van der Waals surface area contributed by atoms with Crippen molar-refractivity contribution in [1.82, 2.24) is 15.2 Å². The predicted molar refractivity (Wildman–Crippen MR) is 124 cm³/mol. The number of nitrogens with two attached hydrogens (primary N) is 1. The average molecular weight is 487 g/mol. The van der Waals surface area contributed by atoms with Gasteiger partial charge in [-0.3, -0.25) is 0 Å². The Morgan fingerprint density at radius 3 is 2.57 bits per heavy atom. The zero-order valence-electron chi connectivity index (χ0n) is 16.3. The van der Waals surface area contributed by atoms with Crippen molar-refractivity contribution in [3.63, 3.8) is 0 Å². The van der Waals surface area contributed by atoms with Crippen molar-refractivity contribution in [2.45, 2.75) is 26.0 Å². The van der Waals surface area contributed by atoms with Crippen LogP contribution in [-0.2, 0) is 0 Å². The maximum absolute atomic E-state index is 9.03. The molecule has 11 heteroatoms. The van der Waals surface area contributed by atoms with Gasteiger partial charge in [0.25, 0.3) is 0 Å². The fourth-order valence-electron chi connectivity index (χ4n) is 2.43. The number of hydrogen-bond acceptors (Lipinski definition) is 8. The van der Waals surface area contributed by atoms with Crippen LogP contribution in [0, 0.1) is 0 Å². The Balaban J connectivity index is 1.84. The van der Waals surface area contributed by atoms with E-state index in [1.807, 2.05) is 19.9 Å². The van der Waals surface area contributed by atoms with Crippen LogP contribution in [0.5, 0.6) is 11.5 Å². The number of rotatable bonds is 8. The molecule has 30 heavy (non-hydrogen) atoms. The Labute approximate surface area is 190 Å². The summed E-state index contributed by atoms with van der Waals surface area (Å²) in [6, 6.07) is 6.63. The van der Waals surface area contributed by atoms with Crippen molar-refractivity contribution >= 4 is 49.1 Å². The van der Waals surface area contributed by atoms with Crippen LogP contribution in [0.15, 0.2) is 24.3 Å². The van der Waals surface area contributed by atoms with Gasteiger partial charge in [0, 0.05) is 16.9 Å². The molecule has 2 heterocycles. The van der Waals surface area contributed by atoms with Crippen LogP contribution in [-0.4, -0.2) is 45.6 Å². The number of pyridine rings is 1. The van der Waals surface area contributed by atoms with Crippen molar-refractivity contribution in [2.75, 3.05) is 13.2 Å². The van der Waals surface area contributed by atoms with E-state index in [1.54, 1.807) is 18.2 Å². The van der Waals surface area contributed by atoms with Crippen LogP contribution in [0.3, 0.4) is 0 Å². The molecule has 2 aromatic heterocycles. The van der Waals surface area contributed by atoms with Gasteiger partial charge in [-0.05, 0) is 32.0 Å². The Morgan fingerprint density at radius 1 is 1.17 bits per heavy atom. The molecule has 160 valence electrons. The zero-order valence-corrected chi connectivity index (χ0v) is 19.8. The molecule has 0 radical (unpaired) electrons. The maximum Gasteiger partial charge on any atom is 0.171 e. The second-order valence-electron chi connectivity index (χ2n) is 6.69. The summed E-state index contributed by atoms with van der Waals surface area (Å²) >= 11 is 14.0. The lowest BCUT2D eigenvalue weighted by Crippen LogP contribution is -2.31. The normalized spacial score (nSPS) is 12.3. The van der Waals surface area contributed by atoms with Gasteiger partial charge in [0.1, 0.15) is 23.1 Å². The minimum atomic E-state index is -0.463. The number of aliphatic hydroxyl groups excluding tert-OH is 1. The van der Waals surface area contributed by atoms with Crippen LogP contribution in [0.2, 0.25) is 10.2 Å². The summed E-state index contributed by atoms with van der Waals surface area (Å²) in [7, 11) is 2.60. The summed E-state index contributed by atoms with van der Waals surface area (Å²) < 4.78 is 11.2. The molecule has 3 aromatic rings. The van der Waals surface area contributed by atoms with Gasteiger partial charge in [-0.2, -0.15) is 0 Å². The van der Waals surface area contributed by atoms with Gasteiger partial charge in [0.05, 0.1) is 23.8 Å². The van der Waals surface area contributed by atoms with E-state index >= 15 is 0 Å². The first-order chi connectivity index (χ1) is 14.3. The Bertz CT molecular complexity index is 1040. The van der Waals surface area contributed by atoms with E-state index in [9.17, 15) is 0 Å². The monoisotopic (exact) mass is 486 g/mol. The van der Waals surface area contributed by atoms with Crippen LogP contribution in [0.4, 0.5) is 0 Å². The first kappa shape index (κ1) is 23.1. The van der Waals surface area contributed by atoms with E-state index < -0.39 is 6.04 Å². The third kappa shape index (κ3) is 5.58. The number of ether oxygens (including phenoxy) is 2. The van der Waals surface area contributed by atoms with Crippen LogP contribution >= 0.6 is 43.8 Å². The van der Waals surface area contributed by atoms with Gasteiger partial charge >= 0.3 is 0 Å². The summed E-state index contributed by atoms with van der Waals surface area (Å²) in [6.45, 7) is 3.86. The Morgan fingerprint density at radius 2 is 1.90 bits per heavy atom. The summed E-state index contributed by atoms with van der Waals surface area (Å²) in [5.74, 6) is 1.09. The lowest BCUT2D eigenvalue weighted by Gasteiger charge is -2.14. The van der Waals surface area contributed by atoms with Crippen molar-refractivity contribution in [1.29, 1.82) is 0 Å². The second kappa shape index (κ2) is 10.2. The van der Waals surface area contributed by atoms with E-state index in [2.05, 4.69) is 24.4 Å². The molecule has 2 atom stereocenters. The molecule has 1 aromatic carbocycles. The number of aliphatic hydroxyl groups is 1. The molecule has 0 saturated heterocycles. The molecule has 7 nitrogen and oxygen atoms in total. The SMILES string of the molecule is CC(C)Oc1ccc(-c2nnc(-c3cc(P)c(OCC(N)CO)cc3Cl)s2)nc1Cl. The third-order valence-electron chi connectivity index (χ3n) is 3.84. The predicted octanol–water partition coefficient (Wildman–Crippen LogP) is 3.56. The quantitative estimate of drug-likeness (QED) is 0.370. The maximum atomic E-state index is 9.03. The van der Waals surface area contributed by atoms with E-state index in [0.717, 1.165) is 10.9 Å². The van der Waals surface area contributed by atoms with Crippen molar-refractivity contribution in [2.24, 2.45) is 5.73 Å². The van der Waals surface area contributed by atoms with Crippen LogP contribution < -0.4 is 20.5 Å². The summed E-state index contributed by atoms with van der Waals surface area (Å²) in [5.41, 5.74) is 6.99. The molecule has 2 unspecified atom stereocenters. The summed E-state index contributed by atoms with van der Waals surface area (Å²) in [5, 5.41) is 20.3. The Kier molecular flexibility index (Phi) is 7.85. The smallest absolute Gasteiger partial charge is 0.171 e. The van der Waals surface area contributed by atoms with Gasteiger partial charge in [-0.25, -0.2) is 4.98 Å². The fraction of sp³-hybridized carbons (Fsp3) is 0.316. The molecule has 0 spiro atoms. The largest absolute Gasteiger partial charge is 0.491 e. The highest BCUT2D eigenvalue weighted by Crippen LogP contribution is 2.36. The molecule has 0 bridgehead atoms. The van der Waals surface area contributed by atoms with Gasteiger partial charge in [0.15, 0.2) is 15.9 Å². The van der Waals surface area contributed by atoms with E-state index in [4.69, 9.17) is 43.5 Å². The number of aromatic nitrogens is 3. The standard InChI is InChI=1S/C19H21Cl2N4O3PS/c1-9(2)28-14-4-3-13(23-17(14)21)19-25-24-18(30-19)11-5-16(29)15(6-12(11)20)27-8-10(22)7-26/h3-6,9-10,26H,7-8,22,29H2,1-2H3. The fourth-order valence-corrected chi connectivity index (χ4v) is 4.10. The highest BCUT2D eigenvalue weighted by molar-refractivity contribution is 7.27. The van der Waals surface area contributed by atoms with Crippen molar-refractivity contribution < 1.29 is 14.6 Å². The van der Waals surface area contributed by atoms with Crippen molar-refractivity contribution in [3.8, 4) is 32.8 Å². The minimum Gasteiger partial charge on any atom is -0.491 e. The third-order valence-corrected chi connectivity index (χ3v) is 5.85. The summed E-state index contributed by atoms with van der Waals surface area (Å²) in [6.07, 6.45) is -0.00198. The topological polar surface area (TPSA) is 103 Å². The lowest BCUT2D eigenvalue weighted by atomic mass is 10.2. The van der Waals surface area contributed by atoms with Crippen LogP contribution in [0.25, 0.3) is 21.3 Å². The van der Waals surface area contributed by atoms with E-state index in [-0.39, 0.29) is 24.5 Å². The number of hydrogen-bond donors (Lipinski definition) is 2. The molecule has 0 aliphatic heterocycles. The molecule has 3 N–H and O–H groups in total. The molecular weight excluding hydrogens is 466 g/mol. The number of halogens is 2. The molecule has 0 amide bonds. The van der Waals surface area contributed by atoms with E-state index in [1.165, 1.54) is 11.3 Å². The molecule has 0 fully saturated rings. The minimum absolute atomic E-state index is 0.00198. The molecule has 3 rings (SSSR count). The highest BCUT2D eigenvalue weighted by atomic mass is 35.5. The Hall–Kier alpha value is -1.54. The van der Waals surface area contributed by atoms with Crippen LogP contribution in [0.1, 0.15) is 13.8 Å². The zero-order chi connectivity index (χ0) is 21.8. The lowest BCUT2D eigenvalue weighted by molar-refractivity contribution is 0.207. The van der Waals surface area contributed by atoms with Gasteiger partial charge < -0.3 is 20.3 Å². The second-order valence-corrected chi connectivity index (χ2v) is 9.05. The number of benzene rings is 1. The molecule has 0 aliphatic carbocycles. The summed E-state index contributed by atoms with van der Waals surface area (Å²) in [4.78, 5) is 4.37. The van der Waals surface area contributed by atoms with E-state index in [0.29, 0.717) is 32.2 Å². The van der Waals surface area contributed by atoms with Gasteiger partial charge in [0.2, 0.25) is 0 Å². The molecule has 0 saturated carbocycles. The number of nitrogens with zero attached hydrogens (tertiary/aromatic N) is 3. The molecular formula is C19H21Cl2N4O3PS.